The first-order valence-corrected chi connectivity index (χ1v) is 6.70. The molecule has 0 spiro atoms. The first-order chi connectivity index (χ1) is 9.65. The van der Waals surface area contributed by atoms with Crippen LogP contribution in [0.1, 0.15) is 0 Å². The van der Waals surface area contributed by atoms with Crippen molar-refractivity contribution in [1.29, 1.82) is 0 Å². The van der Waals surface area contributed by atoms with E-state index in [4.69, 9.17) is 10.5 Å². The van der Waals surface area contributed by atoms with Gasteiger partial charge in [0.05, 0.1) is 4.47 Å². The van der Waals surface area contributed by atoms with Gasteiger partial charge in [0.1, 0.15) is 17.1 Å². The average molecular weight is 333 g/mol. The predicted octanol–water partition coefficient (Wildman–Crippen LogP) is 4.51. The zero-order chi connectivity index (χ0) is 14.1. The minimum absolute atomic E-state index is 0.365. The lowest BCUT2D eigenvalue weighted by atomic mass is 10.1. The van der Waals surface area contributed by atoms with Crippen LogP contribution in [0.4, 0.5) is 10.1 Å². The van der Waals surface area contributed by atoms with Crippen LogP contribution in [-0.2, 0) is 0 Å². The van der Waals surface area contributed by atoms with Crippen LogP contribution >= 0.6 is 15.9 Å². The van der Waals surface area contributed by atoms with Crippen LogP contribution in [0.2, 0.25) is 0 Å². The number of nitrogens with two attached hydrogens (primary N) is 1. The maximum atomic E-state index is 13.3. The van der Waals surface area contributed by atoms with E-state index in [0.29, 0.717) is 27.2 Å². The zero-order valence-electron chi connectivity index (χ0n) is 10.3. The summed E-state index contributed by atoms with van der Waals surface area (Å²) >= 11 is 3.33. The number of hydrogen-bond donors (Lipinski definition) is 1. The van der Waals surface area contributed by atoms with Gasteiger partial charge >= 0.3 is 0 Å². The van der Waals surface area contributed by atoms with Crippen molar-refractivity contribution < 1.29 is 9.13 Å². The van der Waals surface area contributed by atoms with Gasteiger partial charge in [0.25, 0.3) is 0 Å². The van der Waals surface area contributed by atoms with Crippen molar-refractivity contribution in [2.24, 2.45) is 0 Å². The number of fused-ring (bicyclic) bond motifs is 1. The molecule has 0 radical (unpaired) electrons. The van der Waals surface area contributed by atoms with Crippen LogP contribution in [0.25, 0.3) is 10.9 Å². The topological polar surface area (TPSA) is 48.1 Å². The Morgan fingerprint density at radius 2 is 1.95 bits per heavy atom. The van der Waals surface area contributed by atoms with E-state index in [2.05, 4.69) is 20.9 Å². The van der Waals surface area contributed by atoms with Gasteiger partial charge in [-0.25, -0.2) is 4.39 Å². The number of aromatic nitrogens is 1. The van der Waals surface area contributed by atoms with Crippen molar-refractivity contribution >= 4 is 32.5 Å². The summed E-state index contributed by atoms with van der Waals surface area (Å²) in [6.07, 6.45) is 1.66. The summed E-state index contributed by atoms with van der Waals surface area (Å²) in [5.74, 6) is 0.554. The summed E-state index contributed by atoms with van der Waals surface area (Å²) in [6, 6.07) is 11.4. The van der Waals surface area contributed by atoms with E-state index in [9.17, 15) is 4.39 Å². The van der Waals surface area contributed by atoms with E-state index in [1.165, 1.54) is 12.1 Å². The first kappa shape index (κ1) is 12.9. The van der Waals surface area contributed by atoms with Crippen LogP contribution in [0.15, 0.2) is 53.1 Å². The van der Waals surface area contributed by atoms with E-state index in [1.807, 2.05) is 6.07 Å². The fourth-order valence-corrected chi connectivity index (χ4v) is 2.25. The van der Waals surface area contributed by atoms with Crippen molar-refractivity contribution in [3.63, 3.8) is 0 Å². The molecule has 0 aliphatic rings. The van der Waals surface area contributed by atoms with Gasteiger partial charge in [-0.05, 0) is 52.3 Å². The summed E-state index contributed by atoms with van der Waals surface area (Å²) in [5.41, 5.74) is 7.17. The molecular formula is C15H10BrFN2O. The van der Waals surface area contributed by atoms with Gasteiger partial charge in [0.2, 0.25) is 0 Å². The number of benzene rings is 2. The molecule has 0 saturated heterocycles. The monoisotopic (exact) mass is 332 g/mol. The highest BCUT2D eigenvalue weighted by Gasteiger charge is 2.10. The third-order valence-electron chi connectivity index (χ3n) is 2.88. The Morgan fingerprint density at radius 1 is 1.10 bits per heavy atom. The number of anilines is 1. The summed E-state index contributed by atoms with van der Waals surface area (Å²) in [7, 11) is 0. The number of halogens is 2. The molecule has 0 atom stereocenters. The lowest BCUT2D eigenvalue weighted by molar-refractivity contribution is 0.478. The minimum Gasteiger partial charge on any atom is -0.454 e. The van der Waals surface area contributed by atoms with Crippen molar-refractivity contribution in [3.8, 4) is 11.5 Å². The molecule has 1 heterocycles. The SMILES string of the molecule is Nc1ccc(Oc2cc(F)ccc2Br)c2ncccc12. The van der Waals surface area contributed by atoms with E-state index in [-0.39, 0.29) is 5.82 Å². The lowest BCUT2D eigenvalue weighted by Gasteiger charge is -2.11. The van der Waals surface area contributed by atoms with Crippen molar-refractivity contribution in [2.75, 3.05) is 5.73 Å². The molecule has 0 fully saturated rings. The Kier molecular flexibility index (Phi) is 3.28. The third-order valence-corrected chi connectivity index (χ3v) is 3.53. The molecule has 2 N–H and O–H groups in total. The minimum atomic E-state index is -0.365. The highest BCUT2D eigenvalue weighted by atomic mass is 79.9. The second-order valence-electron chi connectivity index (χ2n) is 4.23. The van der Waals surface area contributed by atoms with Gasteiger partial charge in [0, 0.05) is 23.3 Å². The summed E-state index contributed by atoms with van der Waals surface area (Å²) < 4.78 is 19.7. The number of ether oxygens (including phenoxy) is 1. The smallest absolute Gasteiger partial charge is 0.153 e. The second-order valence-corrected chi connectivity index (χ2v) is 5.08. The highest BCUT2D eigenvalue weighted by Crippen LogP contribution is 2.35. The maximum absolute atomic E-state index is 13.3. The molecule has 100 valence electrons. The average Bonchev–Trinajstić information content (AvgIpc) is 2.46. The number of pyridine rings is 1. The van der Waals surface area contributed by atoms with E-state index in [0.717, 1.165) is 5.39 Å². The molecule has 0 saturated carbocycles. The molecule has 5 heteroatoms. The van der Waals surface area contributed by atoms with Gasteiger partial charge in [-0.1, -0.05) is 0 Å². The molecule has 1 aromatic heterocycles. The van der Waals surface area contributed by atoms with E-state index >= 15 is 0 Å². The van der Waals surface area contributed by atoms with Gasteiger partial charge in [-0.15, -0.1) is 0 Å². The largest absolute Gasteiger partial charge is 0.454 e. The van der Waals surface area contributed by atoms with Crippen LogP contribution in [0.5, 0.6) is 11.5 Å². The van der Waals surface area contributed by atoms with Crippen LogP contribution in [-0.4, -0.2) is 4.98 Å². The standard InChI is InChI=1S/C15H10BrFN2O/c16-11-4-3-9(17)8-14(11)20-13-6-5-12(18)10-2-1-7-19-15(10)13/h1-8H,18H2. The normalized spacial score (nSPS) is 10.7. The van der Waals surface area contributed by atoms with Gasteiger partial charge < -0.3 is 10.5 Å². The molecule has 20 heavy (non-hydrogen) atoms. The first-order valence-electron chi connectivity index (χ1n) is 5.91. The second kappa shape index (κ2) is 5.09. The summed E-state index contributed by atoms with van der Waals surface area (Å²) in [5, 5.41) is 0.803. The van der Waals surface area contributed by atoms with Crippen molar-refractivity contribution in [2.45, 2.75) is 0 Å². The maximum Gasteiger partial charge on any atom is 0.153 e. The Labute approximate surface area is 123 Å². The van der Waals surface area contributed by atoms with Crippen molar-refractivity contribution in [3.05, 3.63) is 59.0 Å². The van der Waals surface area contributed by atoms with Crippen LogP contribution in [0.3, 0.4) is 0 Å². The molecular weight excluding hydrogens is 323 g/mol. The van der Waals surface area contributed by atoms with Crippen molar-refractivity contribution in [1.82, 2.24) is 4.98 Å². The van der Waals surface area contributed by atoms with Gasteiger partial charge in [-0.2, -0.15) is 0 Å². The van der Waals surface area contributed by atoms with Gasteiger partial charge in [0.15, 0.2) is 5.75 Å². The predicted molar refractivity (Wildman–Crippen MR) is 80.3 cm³/mol. The molecule has 0 bridgehead atoms. The molecule has 3 nitrogen and oxygen atoms in total. The van der Waals surface area contributed by atoms with E-state index < -0.39 is 0 Å². The molecule has 0 amide bonds. The third kappa shape index (κ3) is 2.32. The zero-order valence-corrected chi connectivity index (χ0v) is 11.9. The molecule has 0 unspecified atom stereocenters. The van der Waals surface area contributed by atoms with Gasteiger partial charge in [-0.3, -0.25) is 4.98 Å². The number of nitrogens with zero attached hydrogens (tertiary/aromatic N) is 1. The Morgan fingerprint density at radius 3 is 2.80 bits per heavy atom. The molecule has 0 aliphatic carbocycles. The number of hydrogen-bond acceptors (Lipinski definition) is 3. The molecule has 0 aliphatic heterocycles. The Hall–Kier alpha value is -2.14. The fourth-order valence-electron chi connectivity index (χ4n) is 1.93. The molecule has 3 rings (SSSR count). The fraction of sp³-hybridized carbons (Fsp3) is 0. The Bertz CT molecular complexity index is 792. The van der Waals surface area contributed by atoms with Crippen LogP contribution in [0, 0.1) is 5.82 Å². The number of nitrogen functional groups attached to an aromatic ring is 1. The molecule has 2 aromatic carbocycles. The quantitative estimate of drug-likeness (QED) is 0.702. The lowest BCUT2D eigenvalue weighted by Crippen LogP contribution is -1.93. The highest BCUT2D eigenvalue weighted by molar-refractivity contribution is 9.10. The Balaban J connectivity index is 2.11. The summed E-state index contributed by atoms with van der Waals surface area (Å²) in [4.78, 5) is 4.28. The molecule has 3 aromatic rings. The van der Waals surface area contributed by atoms with Crippen LogP contribution < -0.4 is 10.5 Å². The summed E-state index contributed by atoms with van der Waals surface area (Å²) in [6.45, 7) is 0. The number of rotatable bonds is 2. The van der Waals surface area contributed by atoms with E-state index in [1.54, 1.807) is 30.5 Å².